The fraction of sp³-hybridized carbons (Fsp3) is 0.429. The number of ether oxygens (including phenoxy) is 3. The van der Waals surface area contributed by atoms with E-state index in [0.717, 1.165) is 18.4 Å². The van der Waals surface area contributed by atoms with Gasteiger partial charge in [0.15, 0.2) is 11.5 Å². The molecule has 0 spiro atoms. The molecule has 3 rings (SSSR count). The first-order valence-corrected chi connectivity index (χ1v) is 12.1. The number of Topliss-reactive ketones (excluding diaryl/α,β-unsaturated/α-hetero) is 1. The summed E-state index contributed by atoms with van der Waals surface area (Å²) in [4.78, 5) is 29.9. The van der Waals surface area contributed by atoms with Crippen LogP contribution in [-0.2, 0) is 9.59 Å². The summed E-state index contributed by atoms with van der Waals surface area (Å²) in [7, 11) is 6.92. The van der Waals surface area contributed by atoms with Crippen molar-refractivity contribution in [2.45, 2.75) is 32.7 Å². The lowest BCUT2D eigenvalue weighted by atomic mass is 9.94. The maximum atomic E-state index is 13.3. The number of amides is 1. The first kappa shape index (κ1) is 27.1. The Hall–Kier alpha value is -3.52. The summed E-state index contributed by atoms with van der Waals surface area (Å²) in [5, 5.41) is 11.3. The SMILES string of the molecule is CCCCOc1ccc(C2/C(=C(\O)c3ccc(OC)c(C)c3)C(=O)C(=O)N2CCN(C)C)cc1OC. The van der Waals surface area contributed by atoms with E-state index < -0.39 is 17.7 Å². The van der Waals surface area contributed by atoms with Gasteiger partial charge in [0.2, 0.25) is 0 Å². The van der Waals surface area contributed by atoms with Gasteiger partial charge in [-0.1, -0.05) is 19.4 Å². The van der Waals surface area contributed by atoms with Crippen LogP contribution in [0.15, 0.2) is 42.0 Å². The van der Waals surface area contributed by atoms with Gasteiger partial charge in [0, 0.05) is 18.7 Å². The van der Waals surface area contributed by atoms with Gasteiger partial charge in [0.1, 0.15) is 11.5 Å². The number of methoxy groups -OCH3 is 2. The number of unbranched alkanes of at least 4 members (excludes halogenated alkanes) is 1. The summed E-state index contributed by atoms with van der Waals surface area (Å²) in [5.74, 6) is 0.173. The minimum atomic E-state index is -0.772. The summed E-state index contributed by atoms with van der Waals surface area (Å²) in [6, 6.07) is 9.75. The van der Waals surface area contributed by atoms with E-state index in [-0.39, 0.29) is 11.3 Å². The number of aliphatic hydroxyl groups excluding tert-OH is 1. The molecule has 1 heterocycles. The van der Waals surface area contributed by atoms with E-state index in [2.05, 4.69) is 6.92 Å². The van der Waals surface area contributed by atoms with Crippen LogP contribution in [0.5, 0.6) is 17.2 Å². The summed E-state index contributed by atoms with van der Waals surface area (Å²) in [6.07, 6.45) is 1.92. The molecular formula is C28H36N2O6. The number of benzene rings is 2. The Morgan fingerprint density at radius 3 is 2.33 bits per heavy atom. The molecule has 0 aliphatic carbocycles. The number of likely N-dealkylation sites (tertiary alicyclic amines) is 1. The third kappa shape index (κ3) is 5.65. The Bertz CT molecular complexity index is 1140. The predicted molar refractivity (Wildman–Crippen MR) is 139 cm³/mol. The van der Waals surface area contributed by atoms with Gasteiger partial charge in [0.05, 0.1) is 32.4 Å². The van der Waals surface area contributed by atoms with Crippen LogP contribution >= 0.6 is 0 Å². The van der Waals surface area contributed by atoms with Gasteiger partial charge in [-0.2, -0.15) is 0 Å². The first-order chi connectivity index (χ1) is 17.2. The number of carbonyl (C=O) groups excluding carboxylic acids is 2. The van der Waals surface area contributed by atoms with Crippen LogP contribution in [-0.4, -0.2) is 74.6 Å². The quantitative estimate of drug-likeness (QED) is 0.216. The standard InChI is InChI=1S/C28H36N2O6/c1-7-8-15-36-22-12-9-19(17-23(22)35-6)25-24(27(32)28(33)30(25)14-13-29(3)4)26(31)20-10-11-21(34-5)18(2)16-20/h9-12,16-17,25,31H,7-8,13-15H2,1-6H3/b26-24+. The second-order valence-corrected chi connectivity index (χ2v) is 9.09. The van der Waals surface area contributed by atoms with Gasteiger partial charge in [-0.15, -0.1) is 0 Å². The Morgan fingerprint density at radius 2 is 1.72 bits per heavy atom. The molecule has 1 unspecified atom stereocenters. The number of nitrogens with zero attached hydrogens (tertiary/aromatic N) is 2. The highest BCUT2D eigenvalue weighted by atomic mass is 16.5. The average Bonchev–Trinajstić information content (AvgIpc) is 3.12. The van der Waals surface area contributed by atoms with Crippen molar-refractivity contribution in [1.29, 1.82) is 0 Å². The van der Waals surface area contributed by atoms with E-state index in [0.29, 0.717) is 48.1 Å². The number of ketones is 1. The van der Waals surface area contributed by atoms with Crippen LogP contribution in [0.25, 0.3) is 5.76 Å². The molecule has 1 atom stereocenters. The van der Waals surface area contributed by atoms with E-state index in [4.69, 9.17) is 14.2 Å². The van der Waals surface area contributed by atoms with E-state index in [1.807, 2.05) is 32.0 Å². The smallest absolute Gasteiger partial charge is 0.295 e. The molecule has 0 radical (unpaired) electrons. The Kier molecular flexibility index (Phi) is 8.98. The van der Waals surface area contributed by atoms with Gasteiger partial charge in [-0.3, -0.25) is 9.59 Å². The first-order valence-electron chi connectivity index (χ1n) is 12.1. The van der Waals surface area contributed by atoms with Crippen molar-refractivity contribution in [2.24, 2.45) is 0 Å². The van der Waals surface area contributed by atoms with Crippen LogP contribution in [0.4, 0.5) is 0 Å². The summed E-state index contributed by atoms with van der Waals surface area (Å²) >= 11 is 0. The van der Waals surface area contributed by atoms with Crippen LogP contribution in [0.2, 0.25) is 0 Å². The van der Waals surface area contributed by atoms with E-state index in [1.54, 1.807) is 44.6 Å². The third-order valence-corrected chi connectivity index (χ3v) is 6.26. The van der Waals surface area contributed by atoms with E-state index in [1.165, 1.54) is 4.90 Å². The van der Waals surface area contributed by atoms with Gasteiger partial charge >= 0.3 is 0 Å². The highest BCUT2D eigenvalue weighted by molar-refractivity contribution is 6.46. The third-order valence-electron chi connectivity index (χ3n) is 6.26. The predicted octanol–water partition coefficient (Wildman–Crippen LogP) is 4.17. The maximum absolute atomic E-state index is 13.3. The molecule has 8 nitrogen and oxygen atoms in total. The maximum Gasteiger partial charge on any atom is 0.295 e. The van der Waals surface area contributed by atoms with Crippen LogP contribution in [0.3, 0.4) is 0 Å². The fourth-order valence-corrected chi connectivity index (χ4v) is 4.25. The molecule has 1 saturated heterocycles. The van der Waals surface area contributed by atoms with Gasteiger partial charge in [0.25, 0.3) is 11.7 Å². The van der Waals surface area contributed by atoms with Crippen molar-refractivity contribution < 1.29 is 28.9 Å². The minimum absolute atomic E-state index is 0.0463. The van der Waals surface area contributed by atoms with Crippen molar-refractivity contribution in [3.05, 3.63) is 58.7 Å². The van der Waals surface area contributed by atoms with E-state index in [9.17, 15) is 14.7 Å². The van der Waals surface area contributed by atoms with Gasteiger partial charge < -0.3 is 29.1 Å². The zero-order valence-electron chi connectivity index (χ0n) is 22.0. The molecule has 36 heavy (non-hydrogen) atoms. The molecule has 0 bridgehead atoms. The largest absolute Gasteiger partial charge is 0.507 e. The highest BCUT2D eigenvalue weighted by Crippen LogP contribution is 2.42. The number of aliphatic hydroxyl groups is 1. The highest BCUT2D eigenvalue weighted by Gasteiger charge is 2.46. The minimum Gasteiger partial charge on any atom is -0.507 e. The topological polar surface area (TPSA) is 88.5 Å². The fourth-order valence-electron chi connectivity index (χ4n) is 4.25. The number of aryl methyl sites for hydroxylation is 1. The molecule has 1 fully saturated rings. The summed E-state index contributed by atoms with van der Waals surface area (Å²) < 4.78 is 16.8. The lowest BCUT2D eigenvalue weighted by Gasteiger charge is -2.27. The molecule has 1 amide bonds. The number of likely N-dealkylation sites (N-methyl/N-ethyl adjacent to an activating group) is 1. The van der Waals surface area contributed by atoms with Gasteiger partial charge in [-0.25, -0.2) is 0 Å². The second-order valence-electron chi connectivity index (χ2n) is 9.09. The van der Waals surface area contributed by atoms with Crippen LogP contribution < -0.4 is 14.2 Å². The second kappa shape index (κ2) is 11.9. The molecule has 2 aromatic rings. The number of hydrogen-bond donors (Lipinski definition) is 1. The average molecular weight is 497 g/mol. The van der Waals surface area contributed by atoms with Crippen molar-refractivity contribution in [3.8, 4) is 17.2 Å². The Labute approximate surface area is 213 Å². The van der Waals surface area contributed by atoms with Crippen molar-refractivity contribution in [1.82, 2.24) is 9.80 Å². The molecule has 1 N–H and O–H groups in total. The summed E-state index contributed by atoms with van der Waals surface area (Å²) in [6.45, 7) is 5.37. The molecule has 1 aliphatic rings. The molecule has 1 aliphatic heterocycles. The van der Waals surface area contributed by atoms with Crippen molar-refractivity contribution in [2.75, 3.05) is 48.0 Å². The monoisotopic (exact) mass is 496 g/mol. The lowest BCUT2D eigenvalue weighted by Crippen LogP contribution is -2.35. The Balaban J connectivity index is 2.13. The molecule has 2 aromatic carbocycles. The van der Waals surface area contributed by atoms with Crippen molar-refractivity contribution >= 4 is 17.4 Å². The zero-order valence-corrected chi connectivity index (χ0v) is 22.0. The molecule has 194 valence electrons. The number of hydrogen-bond acceptors (Lipinski definition) is 7. The normalized spacial score (nSPS) is 17.1. The van der Waals surface area contributed by atoms with Crippen molar-refractivity contribution in [3.63, 3.8) is 0 Å². The molecule has 0 aromatic heterocycles. The van der Waals surface area contributed by atoms with E-state index >= 15 is 0 Å². The summed E-state index contributed by atoms with van der Waals surface area (Å²) in [5.41, 5.74) is 1.94. The molecule has 8 heteroatoms. The van der Waals surface area contributed by atoms with Crippen LogP contribution in [0.1, 0.15) is 42.5 Å². The molecule has 0 saturated carbocycles. The van der Waals surface area contributed by atoms with Crippen LogP contribution in [0, 0.1) is 6.92 Å². The lowest BCUT2D eigenvalue weighted by molar-refractivity contribution is -0.140. The number of rotatable bonds is 11. The number of carbonyl (C=O) groups is 2. The Morgan fingerprint density at radius 1 is 1.03 bits per heavy atom. The molecular weight excluding hydrogens is 460 g/mol. The van der Waals surface area contributed by atoms with Gasteiger partial charge in [-0.05, 0) is 68.9 Å². The zero-order chi connectivity index (χ0) is 26.4.